The van der Waals surface area contributed by atoms with Gasteiger partial charge in [-0.1, -0.05) is 239 Å². The molecular weight excluding hydrogens is 1630 g/mol. The first-order valence-corrected chi connectivity index (χ1v) is 51.7. The monoisotopic (exact) mass is 1730 g/mol. The van der Waals surface area contributed by atoms with Gasteiger partial charge in [0.2, 0.25) is 0 Å². The fourth-order valence-electron chi connectivity index (χ4n) is 21.2. The molecule has 11 aromatic heterocycles. The molecule has 23 rings (SSSR count). The smallest absolute Gasteiger partial charge is 0.118 e. The van der Waals surface area contributed by atoms with Gasteiger partial charge in [0.05, 0.1) is 17.1 Å². The van der Waals surface area contributed by atoms with Crippen molar-refractivity contribution in [2.24, 2.45) is 5.92 Å². The van der Waals surface area contributed by atoms with Gasteiger partial charge in [0.15, 0.2) is 0 Å². The van der Waals surface area contributed by atoms with E-state index in [1.807, 2.05) is 126 Å². The zero-order valence-corrected chi connectivity index (χ0v) is 76.3. The van der Waals surface area contributed by atoms with Crippen LogP contribution in [-0.2, 0) is 33.5 Å². The fourth-order valence-corrected chi connectivity index (χ4v) is 32.3. The minimum Gasteiger partial charge on any atom is -0.468 e. The lowest BCUT2D eigenvalue weighted by atomic mass is 9.68. The van der Waals surface area contributed by atoms with Crippen molar-refractivity contribution in [2.45, 2.75) is 190 Å². The second-order valence-corrected chi connectivity index (χ2v) is 43.0. The van der Waals surface area contributed by atoms with E-state index < -0.39 is 0 Å². The predicted molar refractivity (Wildman–Crippen MR) is 515 cm³/mol. The first-order valence-electron chi connectivity index (χ1n) is 42.5. The van der Waals surface area contributed by atoms with Gasteiger partial charge in [0.25, 0.3) is 0 Å². The molecule has 1 saturated carbocycles. The summed E-state index contributed by atoms with van der Waals surface area (Å²) in [5.41, 5.74) is 27.3. The summed E-state index contributed by atoms with van der Waals surface area (Å²) in [6.07, 6.45) is 29.6. The molecule has 592 valence electrons. The molecule has 117 heavy (non-hydrogen) atoms. The van der Waals surface area contributed by atoms with Crippen molar-refractivity contribution >= 4 is 125 Å². The Morgan fingerprint density at radius 1 is 0.350 bits per heavy atom. The zero-order chi connectivity index (χ0) is 79.3. The lowest BCUT2D eigenvalue weighted by molar-refractivity contribution is 0.362. The van der Waals surface area contributed by atoms with Gasteiger partial charge in [-0.05, 0) is 295 Å². The van der Waals surface area contributed by atoms with Crippen molar-refractivity contribution in [2.75, 3.05) is 0 Å². The number of rotatable bonds is 21. The van der Waals surface area contributed by atoms with E-state index in [1.54, 1.807) is 48.0 Å². The lowest BCUT2D eigenvalue weighted by Crippen LogP contribution is -2.29. The Balaban J connectivity index is 0.0000000991. The fraction of sp³-hybridized carbons (Fsp3) is 0.295. The molecule has 12 heteroatoms. The largest absolute Gasteiger partial charge is 0.468 e. The van der Waals surface area contributed by atoms with E-state index in [9.17, 15) is 0 Å². The molecule has 11 heterocycles. The maximum Gasteiger partial charge on any atom is 0.118 e. The number of furan rings is 1. The highest BCUT2D eigenvalue weighted by Gasteiger charge is 2.51. The maximum atomic E-state index is 6.54. The lowest BCUT2D eigenvalue weighted by Gasteiger charge is -2.33. The third-order valence-corrected chi connectivity index (χ3v) is 37.5. The average Bonchev–Trinajstić information content (AvgIpc) is 1.56. The van der Waals surface area contributed by atoms with Gasteiger partial charge in [-0.2, -0.15) is 0 Å². The molecule has 16 aromatic rings. The Morgan fingerprint density at radius 3 is 1.28 bits per heavy atom. The van der Waals surface area contributed by atoms with Crippen molar-refractivity contribution in [1.82, 2.24) is 0 Å². The number of fused-ring (bicyclic) bond motifs is 18. The van der Waals surface area contributed by atoms with Crippen LogP contribution in [0.1, 0.15) is 246 Å². The summed E-state index contributed by atoms with van der Waals surface area (Å²) in [6.45, 7) is 11.9. The van der Waals surface area contributed by atoms with Gasteiger partial charge in [0.1, 0.15) is 5.76 Å². The van der Waals surface area contributed by atoms with Crippen LogP contribution in [0, 0.1) is 5.92 Å². The Hall–Kier alpha value is -7.33. The molecule has 0 spiro atoms. The summed E-state index contributed by atoms with van der Waals surface area (Å²) < 4.78 is 5.68. The van der Waals surface area contributed by atoms with Crippen molar-refractivity contribution in [1.29, 1.82) is 0 Å². The Kier molecular flexibility index (Phi) is 23.0. The quantitative estimate of drug-likeness (QED) is 0.0654. The van der Waals surface area contributed by atoms with E-state index in [0.717, 1.165) is 29.5 Å². The van der Waals surface area contributed by atoms with Gasteiger partial charge in [-0.25, -0.2) is 0 Å². The molecule has 0 radical (unpaired) electrons. The van der Waals surface area contributed by atoms with E-state index in [4.69, 9.17) is 16.0 Å². The third-order valence-electron chi connectivity index (χ3n) is 27.3. The summed E-state index contributed by atoms with van der Waals surface area (Å²) in [5.74, 6) is 1.90. The minimum atomic E-state index is -0.331. The molecule has 7 aliphatic carbocycles. The normalized spacial score (nSPS) is 15.7. The van der Waals surface area contributed by atoms with E-state index in [1.165, 1.54) is 228 Å². The van der Waals surface area contributed by atoms with E-state index in [2.05, 4.69) is 270 Å². The average molecular weight is 1730 g/mol. The minimum absolute atomic E-state index is 0.0138. The zero-order valence-electron chi connectivity index (χ0n) is 67.4. The van der Waals surface area contributed by atoms with Crippen molar-refractivity contribution in [3.05, 3.63) is 348 Å². The highest BCUT2D eigenvalue weighted by Crippen LogP contribution is 2.64. The number of thiophene rings is 10. The molecular formula is C105H99ClOS10. The number of unbranched alkanes of at least 4 members (excludes halogenated alkanes) is 12. The number of hydrogen-bond acceptors (Lipinski definition) is 11. The van der Waals surface area contributed by atoms with E-state index in [0.29, 0.717) is 5.41 Å². The second kappa shape index (κ2) is 33.9. The Bertz CT molecular complexity index is 5870. The van der Waals surface area contributed by atoms with Crippen molar-refractivity contribution < 1.29 is 4.42 Å². The summed E-state index contributed by atoms with van der Waals surface area (Å²) in [7, 11) is 0. The molecule has 0 saturated heterocycles. The van der Waals surface area contributed by atoms with Gasteiger partial charge < -0.3 is 4.42 Å². The standard InChI is InChI=1S/C28H17ClS2.C25H38S2.C23H18S2.C15H16S2.C14H10OS2/c29-21-6-3-5-19(15-21)28(24-10-12-30-26(24)27-25(28)11-13-31-27)20-9-8-18-14-17-4-1-2-7-22(17)23(18)16-20;1-3-4-5-6-7-8-9-10-11-12-13-14-15-18-25(2)21-16-19-26-23(21)24-22(25)17-20-27-24;1-2-23(19-12-14-24-21(19)22-20(23)13-15-25-22)18-10-8-17(9-11-18)16-6-4-3-5-7-16;1-15(10-4-2-3-5-10)11-6-8-16-13(11)14-12(15)7-9-17-14;1-14(11-3-2-6-15-11)9-4-7-16-12(9)13-10(14)5-8-17-13/h1-13,15-16H,14H2;16-17,19-20H,3-15,18H2,1-2H3;3-15H,2H2,1H3;6-10H,2-5H2,1H3;2-8H,1H3. The molecule has 1 nitrogen and oxygen atoms in total. The molecule has 0 N–H and O–H groups in total. The topological polar surface area (TPSA) is 13.1 Å². The van der Waals surface area contributed by atoms with Crippen LogP contribution in [0.15, 0.2) is 259 Å². The van der Waals surface area contributed by atoms with Crippen LogP contribution in [0.2, 0.25) is 5.02 Å². The maximum absolute atomic E-state index is 6.54. The molecule has 5 aromatic carbocycles. The number of hydrogen-bond donors (Lipinski definition) is 0. The van der Waals surface area contributed by atoms with Gasteiger partial charge >= 0.3 is 0 Å². The molecule has 1 fully saturated rings. The van der Waals surface area contributed by atoms with Crippen LogP contribution < -0.4 is 0 Å². The highest BCUT2D eigenvalue weighted by molar-refractivity contribution is 7.23. The van der Waals surface area contributed by atoms with Crippen LogP contribution in [0.4, 0.5) is 0 Å². The van der Waals surface area contributed by atoms with Crippen LogP contribution in [-0.4, -0.2) is 0 Å². The summed E-state index contributed by atoms with van der Waals surface area (Å²) in [4.78, 5) is 14.8. The summed E-state index contributed by atoms with van der Waals surface area (Å²) in [6, 6.07) is 71.5. The van der Waals surface area contributed by atoms with Crippen LogP contribution in [0.3, 0.4) is 0 Å². The van der Waals surface area contributed by atoms with Crippen LogP contribution in [0.25, 0.3) is 71.0 Å². The molecule has 0 aliphatic heterocycles. The summed E-state index contributed by atoms with van der Waals surface area (Å²) >= 11 is 25.4. The Morgan fingerprint density at radius 2 is 0.769 bits per heavy atom. The first-order chi connectivity index (χ1) is 57.5. The highest BCUT2D eigenvalue weighted by atomic mass is 35.5. The number of halogens is 1. The van der Waals surface area contributed by atoms with E-state index in [-0.39, 0.29) is 21.7 Å². The summed E-state index contributed by atoms with van der Waals surface area (Å²) in [5, 5.41) is 23.2. The van der Waals surface area contributed by atoms with Gasteiger partial charge in [-0.15, -0.1) is 113 Å². The van der Waals surface area contributed by atoms with Gasteiger partial charge in [-0.3, -0.25) is 0 Å². The molecule has 0 bridgehead atoms. The molecule has 0 unspecified atom stereocenters. The second-order valence-electron chi connectivity index (χ2n) is 33.4. The van der Waals surface area contributed by atoms with Crippen LogP contribution in [0.5, 0.6) is 0 Å². The SMILES string of the molecule is CC1(C2CCCC2)c2ccsc2-c2sccc21.CC1(c2ccco2)c2ccsc2-c2sccc21.CCC1(c2ccc(-c3ccccc3)cc2)c2ccsc2-c2sccc21.CCCCCCCCCCCCCCCC1(C)c2ccsc2-c2sccc21.Clc1cccc(C2(c3ccc4c(c3)-c3ccccc3C4)c3ccsc3-c3sccc32)c1. The molecule has 0 amide bonds. The van der Waals surface area contributed by atoms with E-state index >= 15 is 0 Å². The first kappa shape index (κ1) is 79.5. The third kappa shape index (κ3) is 13.8. The van der Waals surface area contributed by atoms with Crippen molar-refractivity contribution in [3.8, 4) is 71.0 Å². The molecule has 7 aliphatic rings. The number of benzene rings is 5. The van der Waals surface area contributed by atoms with Crippen LogP contribution >= 0.6 is 125 Å². The van der Waals surface area contributed by atoms with Gasteiger partial charge in [0, 0.05) is 70.0 Å². The predicted octanol–water partition coefficient (Wildman–Crippen LogP) is 35.2. The Labute approximate surface area is 737 Å². The molecule has 0 atom stereocenters. The van der Waals surface area contributed by atoms with Crippen molar-refractivity contribution in [3.63, 3.8) is 0 Å².